The van der Waals surface area contributed by atoms with Gasteiger partial charge in [-0.3, -0.25) is 0 Å². The normalized spacial score (nSPS) is 12.5. The van der Waals surface area contributed by atoms with Crippen molar-refractivity contribution in [1.82, 2.24) is 4.98 Å². The molecule has 1 aliphatic rings. The molecular weight excluding hydrogens is 264 g/mol. The first-order valence-electron chi connectivity index (χ1n) is 7.10. The minimum atomic E-state index is 0.370. The zero-order chi connectivity index (χ0) is 14.5. The zero-order valence-corrected chi connectivity index (χ0v) is 11.7. The van der Waals surface area contributed by atoms with Gasteiger partial charge < -0.3 is 9.47 Å². The van der Waals surface area contributed by atoms with E-state index < -0.39 is 0 Å². The summed E-state index contributed by atoms with van der Waals surface area (Å²) in [5, 5.41) is 9.18. The Balaban J connectivity index is 1.59. The lowest BCUT2D eigenvalue weighted by Gasteiger charge is -2.10. The van der Waals surface area contributed by atoms with Crippen LogP contribution in [0.25, 0.3) is 0 Å². The maximum absolute atomic E-state index is 9.18. The van der Waals surface area contributed by atoms with Gasteiger partial charge in [-0.05, 0) is 43.0 Å². The Morgan fingerprint density at radius 3 is 2.71 bits per heavy atom. The Hall–Kier alpha value is -2.54. The number of nitrogens with zero attached hydrogens (tertiary/aromatic N) is 2. The average Bonchev–Trinajstić information content (AvgIpc) is 2.99. The van der Waals surface area contributed by atoms with E-state index in [-0.39, 0.29) is 0 Å². The van der Waals surface area contributed by atoms with Crippen LogP contribution in [-0.4, -0.2) is 18.2 Å². The molecule has 0 spiro atoms. The van der Waals surface area contributed by atoms with Crippen LogP contribution in [0.5, 0.6) is 11.6 Å². The van der Waals surface area contributed by atoms with Crippen molar-refractivity contribution in [3.05, 3.63) is 53.2 Å². The predicted octanol–water partition coefficient (Wildman–Crippen LogP) is 2.90. The molecule has 0 fully saturated rings. The number of fused-ring (bicyclic) bond motifs is 1. The first kappa shape index (κ1) is 13.4. The summed E-state index contributed by atoms with van der Waals surface area (Å²) < 4.78 is 11.2. The molecule has 0 aliphatic heterocycles. The molecule has 0 atom stereocenters. The molecule has 21 heavy (non-hydrogen) atoms. The molecule has 1 aromatic carbocycles. The molecule has 0 amide bonds. The summed E-state index contributed by atoms with van der Waals surface area (Å²) in [5.41, 5.74) is 2.75. The van der Waals surface area contributed by atoms with Gasteiger partial charge >= 0.3 is 0 Å². The van der Waals surface area contributed by atoms with Crippen LogP contribution in [-0.2, 0) is 12.8 Å². The van der Waals surface area contributed by atoms with Crippen LogP contribution in [0.3, 0.4) is 0 Å². The fourth-order valence-corrected chi connectivity index (χ4v) is 2.46. The van der Waals surface area contributed by atoms with E-state index in [2.05, 4.69) is 11.1 Å². The van der Waals surface area contributed by atoms with Crippen molar-refractivity contribution in [2.45, 2.75) is 19.3 Å². The molecule has 3 rings (SSSR count). The van der Waals surface area contributed by atoms with E-state index in [4.69, 9.17) is 9.47 Å². The van der Waals surface area contributed by atoms with E-state index in [0.29, 0.717) is 24.7 Å². The molecule has 106 valence electrons. The topological polar surface area (TPSA) is 55.1 Å². The van der Waals surface area contributed by atoms with Crippen LogP contribution in [0.4, 0.5) is 0 Å². The molecular formula is C17H16N2O2. The SMILES string of the molecule is N#Cc1cc2c(nc1OCCOc1ccccc1)CCC2. The van der Waals surface area contributed by atoms with Gasteiger partial charge in [0.05, 0.1) is 0 Å². The molecule has 4 nitrogen and oxygen atoms in total. The van der Waals surface area contributed by atoms with Gasteiger partial charge in [-0.15, -0.1) is 0 Å². The Kier molecular flexibility index (Phi) is 4.02. The Morgan fingerprint density at radius 2 is 1.90 bits per heavy atom. The number of pyridine rings is 1. The van der Waals surface area contributed by atoms with Crippen LogP contribution in [0, 0.1) is 11.3 Å². The van der Waals surface area contributed by atoms with Crippen LogP contribution < -0.4 is 9.47 Å². The van der Waals surface area contributed by atoms with E-state index in [1.165, 1.54) is 5.56 Å². The maximum atomic E-state index is 9.18. The summed E-state index contributed by atoms with van der Waals surface area (Å²) in [4.78, 5) is 4.47. The second-order valence-electron chi connectivity index (χ2n) is 4.92. The van der Waals surface area contributed by atoms with Crippen LogP contribution in [0.2, 0.25) is 0 Å². The van der Waals surface area contributed by atoms with Crippen LogP contribution in [0.1, 0.15) is 23.2 Å². The van der Waals surface area contributed by atoms with Gasteiger partial charge in [0.25, 0.3) is 0 Å². The van der Waals surface area contributed by atoms with E-state index in [1.54, 1.807) is 0 Å². The summed E-state index contributed by atoms with van der Waals surface area (Å²) in [6.07, 6.45) is 3.08. The smallest absolute Gasteiger partial charge is 0.232 e. The highest BCUT2D eigenvalue weighted by Gasteiger charge is 2.17. The molecule has 4 heteroatoms. The van der Waals surface area contributed by atoms with Crippen molar-refractivity contribution in [3.63, 3.8) is 0 Å². The maximum Gasteiger partial charge on any atom is 0.232 e. The first-order valence-corrected chi connectivity index (χ1v) is 7.10. The summed E-state index contributed by atoms with van der Waals surface area (Å²) in [7, 11) is 0. The van der Waals surface area contributed by atoms with Gasteiger partial charge in [-0.25, -0.2) is 4.98 Å². The monoisotopic (exact) mass is 280 g/mol. The van der Waals surface area contributed by atoms with E-state index in [1.807, 2.05) is 36.4 Å². The van der Waals surface area contributed by atoms with Crippen molar-refractivity contribution < 1.29 is 9.47 Å². The van der Waals surface area contributed by atoms with Crippen molar-refractivity contribution in [2.75, 3.05) is 13.2 Å². The van der Waals surface area contributed by atoms with Crippen molar-refractivity contribution >= 4 is 0 Å². The number of nitriles is 1. The summed E-state index contributed by atoms with van der Waals surface area (Å²) in [6, 6.07) is 13.6. The number of benzene rings is 1. The summed E-state index contributed by atoms with van der Waals surface area (Å²) in [5.74, 6) is 1.23. The molecule has 2 aromatic rings. The average molecular weight is 280 g/mol. The fourth-order valence-electron chi connectivity index (χ4n) is 2.46. The highest BCUT2D eigenvalue weighted by Crippen LogP contribution is 2.26. The molecule has 0 bridgehead atoms. The third kappa shape index (κ3) is 3.14. The third-order valence-electron chi connectivity index (χ3n) is 3.47. The number of hydrogen-bond donors (Lipinski definition) is 0. The molecule has 1 aromatic heterocycles. The lowest BCUT2D eigenvalue weighted by Crippen LogP contribution is -2.11. The predicted molar refractivity (Wildman–Crippen MR) is 78.4 cm³/mol. The molecule has 0 N–H and O–H groups in total. The zero-order valence-electron chi connectivity index (χ0n) is 11.7. The third-order valence-corrected chi connectivity index (χ3v) is 3.47. The van der Waals surface area contributed by atoms with Gasteiger partial charge in [0.1, 0.15) is 30.6 Å². The second kappa shape index (κ2) is 6.27. The Bertz CT molecular complexity index is 662. The standard InChI is InChI=1S/C17H16N2O2/c18-12-14-11-13-5-4-8-16(13)19-17(14)21-10-9-20-15-6-2-1-3-7-15/h1-3,6-7,11H,4-5,8-10H2. The summed E-state index contributed by atoms with van der Waals surface area (Å²) in [6.45, 7) is 0.795. The highest BCUT2D eigenvalue weighted by molar-refractivity contribution is 5.44. The minimum Gasteiger partial charge on any atom is -0.490 e. The number of aromatic nitrogens is 1. The van der Waals surface area contributed by atoms with Gasteiger partial charge in [-0.2, -0.15) is 5.26 Å². The lowest BCUT2D eigenvalue weighted by atomic mass is 10.1. The molecule has 0 saturated carbocycles. The van der Waals surface area contributed by atoms with Crippen molar-refractivity contribution in [3.8, 4) is 17.7 Å². The van der Waals surface area contributed by atoms with Crippen LogP contribution in [0.15, 0.2) is 36.4 Å². The molecule has 0 saturated heterocycles. The Labute approximate surface area is 124 Å². The van der Waals surface area contributed by atoms with E-state index in [9.17, 15) is 5.26 Å². The van der Waals surface area contributed by atoms with Crippen LogP contribution >= 0.6 is 0 Å². The first-order chi connectivity index (χ1) is 10.4. The van der Waals surface area contributed by atoms with Gasteiger partial charge in [0, 0.05) is 5.69 Å². The molecule has 0 radical (unpaired) electrons. The van der Waals surface area contributed by atoms with E-state index in [0.717, 1.165) is 30.7 Å². The van der Waals surface area contributed by atoms with Crippen molar-refractivity contribution in [2.24, 2.45) is 0 Å². The number of para-hydroxylation sites is 1. The Morgan fingerprint density at radius 1 is 1.10 bits per heavy atom. The lowest BCUT2D eigenvalue weighted by molar-refractivity contribution is 0.211. The minimum absolute atomic E-state index is 0.370. The van der Waals surface area contributed by atoms with Gasteiger partial charge in [0.2, 0.25) is 5.88 Å². The number of rotatable bonds is 5. The summed E-state index contributed by atoms with van der Waals surface area (Å²) >= 11 is 0. The largest absolute Gasteiger partial charge is 0.490 e. The number of hydrogen-bond acceptors (Lipinski definition) is 4. The number of aryl methyl sites for hydroxylation is 2. The highest BCUT2D eigenvalue weighted by atomic mass is 16.5. The van der Waals surface area contributed by atoms with Crippen molar-refractivity contribution in [1.29, 1.82) is 5.26 Å². The molecule has 1 aliphatic carbocycles. The van der Waals surface area contributed by atoms with E-state index >= 15 is 0 Å². The second-order valence-corrected chi connectivity index (χ2v) is 4.92. The fraction of sp³-hybridized carbons (Fsp3) is 0.294. The molecule has 1 heterocycles. The van der Waals surface area contributed by atoms with Gasteiger partial charge in [-0.1, -0.05) is 18.2 Å². The van der Waals surface area contributed by atoms with Gasteiger partial charge in [0.15, 0.2) is 0 Å². The molecule has 0 unspecified atom stereocenters. The number of ether oxygens (including phenoxy) is 2. The quantitative estimate of drug-likeness (QED) is 0.790.